The lowest BCUT2D eigenvalue weighted by Crippen LogP contribution is -2.26. The first-order chi connectivity index (χ1) is 5.22. The first-order valence-electron chi connectivity index (χ1n) is 3.74. The monoisotopic (exact) mass is 151 g/mol. The molecule has 0 aromatic rings. The highest BCUT2D eigenvalue weighted by atomic mass is 16.5. The maximum Gasteiger partial charge on any atom is 0.173 e. The number of hydrogen-bond acceptors (Lipinski definition) is 2. The summed E-state index contributed by atoms with van der Waals surface area (Å²) in [4.78, 5) is 0. The van der Waals surface area contributed by atoms with Crippen LogP contribution in [0.1, 0.15) is 13.8 Å². The molecule has 0 amide bonds. The fourth-order valence-electron chi connectivity index (χ4n) is 1.41. The quantitative estimate of drug-likeness (QED) is 0.487. The molecule has 1 N–H and O–H groups in total. The highest BCUT2D eigenvalue weighted by molar-refractivity contribution is 5.48. The zero-order chi connectivity index (χ0) is 8.43. The maximum absolute atomic E-state index is 6.78. The number of rotatable bonds is 3. The van der Waals surface area contributed by atoms with Gasteiger partial charge in [0.2, 0.25) is 0 Å². The SMILES string of the molecule is C=CC1=C(OC=N)C(C)C1C. The predicted molar refractivity (Wildman–Crippen MR) is 45.4 cm³/mol. The van der Waals surface area contributed by atoms with Crippen molar-refractivity contribution in [3.05, 3.63) is 24.0 Å². The van der Waals surface area contributed by atoms with Gasteiger partial charge < -0.3 is 4.74 Å². The molecule has 0 fully saturated rings. The molecule has 2 heteroatoms. The Labute approximate surface area is 67.1 Å². The molecule has 0 saturated heterocycles. The molecule has 1 rings (SSSR count). The van der Waals surface area contributed by atoms with Crippen molar-refractivity contribution in [3.8, 4) is 0 Å². The van der Waals surface area contributed by atoms with Crippen LogP contribution in [-0.4, -0.2) is 6.40 Å². The Balaban J connectivity index is 2.80. The molecule has 0 radical (unpaired) electrons. The third kappa shape index (κ3) is 1.09. The van der Waals surface area contributed by atoms with E-state index in [1.807, 2.05) is 6.08 Å². The van der Waals surface area contributed by atoms with Crippen molar-refractivity contribution in [2.24, 2.45) is 11.8 Å². The number of hydrogen-bond donors (Lipinski definition) is 1. The Morgan fingerprint density at radius 1 is 1.45 bits per heavy atom. The van der Waals surface area contributed by atoms with Gasteiger partial charge >= 0.3 is 0 Å². The van der Waals surface area contributed by atoms with Crippen LogP contribution in [0.2, 0.25) is 0 Å². The van der Waals surface area contributed by atoms with Crippen LogP contribution in [-0.2, 0) is 4.74 Å². The fourth-order valence-corrected chi connectivity index (χ4v) is 1.41. The smallest absolute Gasteiger partial charge is 0.173 e. The number of ether oxygens (including phenoxy) is 1. The van der Waals surface area contributed by atoms with Crippen molar-refractivity contribution < 1.29 is 4.74 Å². The Hall–Kier alpha value is -1.05. The molecule has 0 aromatic carbocycles. The van der Waals surface area contributed by atoms with Gasteiger partial charge in [0.15, 0.2) is 6.40 Å². The van der Waals surface area contributed by atoms with Gasteiger partial charge in [0.25, 0.3) is 0 Å². The van der Waals surface area contributed by atoms with Crippen LogP contribution in [0.5, 0.6) is 0 Å². The van der Waals surface area contributed by atoms with Gasteiger partial charge in [-0.25, -0.2) is 0 Å². The van der Waals surface area contributed by atoms with E-state index in [0.29, 0.717) is 11.8 Å². The number of nitrogens with one attached hydrogen (secondary N) is 1. The molecular formula is C9H13NO. The molecule has 2 nitrogen and oxygen atoms in total. The minimum atomic E-state index is 0.435. The molecule has 2 unspecified atom stereocenters. The van der Waals surface area contributed by atoms with Crippen molar-refractivity contribution >= 4 is 6.40 Å². The largest absolute Gasteiger partial charge is 0.450 e. The average Bonchev–Trinajstić information content (AvgIpc) is 2.04. The van der Waals surface area contributed by atoms with E-state index in [9.17, 15) is 0 Å². The lowest BCUT2D eigenvalue weighted by Gasteiger charge is -2.34. The lowest BCUT2D eigenvalue weighted by molar-refractivity contribution is 0.261. The molecule has 0 aromatic heterocycles. The maximum atomic E-state index is 6.78. The van der Waals surface area contributed by atoms with Crippen LogP contribution < -0.4 is 0 Å². The van der Waals surface area contributed by atoms with Crippen molar-refractivity contribution in [3.63, 3.8) is 0 Å². The van der Waals surface area contributed by atoms with E-state index in [1.165, 1.54) is 0 Å². The van der Waals surface area contributed by atoms with Gasteiger partial charge in [-0.05, 0) is 11.5 Å². The summed E-state index contributed by atoms with van der Waals surface area (Å²) in [6, 6.07) is 0. The van der Waals surface area contributed by atoms with Gasteiger partial charge in [-0.1, -0.05) is 26.5 Å². The number of allylic oxidation sites excluding steroid dienone is 3. The van der Waals surface area contributed by atoms with Crippen LogP contribution in [0.4, 0.5) is 0 Å². The molecule has 0 aliphatic heterocycles. The standard InChI is InChI=1S/C9H13NO/c1-4-8-6(2)7(3)9(8)11-5-10/h4-7,10H,1H2,2-3H3. The highest BCUT2D eigenvalue weighted by Crippen LogP contribution is 2.40. The lowest BCUT2D eigenvalue weighted by atomic mass is 9.75. The first-order valence-corrected chi connectivity index (χ1v) is 3.74. The molecule has 11 heavy (non-hydrogen) atoms. The highest BCUT2D eigenvalue weighted by Gasteiger charge is 2.33. The minimum Gasteiger partial charge on any atom is -0.450 e. The van der Waals surface area contributed by atoms with Gasteiger partial charge in [0, 0.05) is 5.92 Å². The molecule has 60 valence electrons. The zero-order valence-electron chi connectivity index (χ0n) is 6.92. The topological polar surface area (TPSA) is 33.1 Å². The van der Waals surface area contributed by atoms with Gasteiger partial charge in [0.1, 0.15) is 5.76 Å². The Morgan fingerprint density at radius 3 is 2.55 bits per heavy atom. The summed E-state index contributed by atoms with van der Waals surface area (Å²) in [6.07, 6.45) is 2.78. The molecule has 0 bridgehead atoms. The third-order valence-electron chi connectivity index (χ3n) is 2.34. The minimum absolute atomic E-state index is 0.435. The van der Waals surface area contributed by atoms with E-state index in [1.54, 1.807) is 0 Å². The summed E-state index contributed by atoms with van der Waals surface area (Å²) in [5.41, 5.74) is 1.14. The first kappa shape index (κ1) is 8.05. The Morgan fingerprint density at radius 2 is 2.09 bits per heavy atom. The Bertz CT molecular complexity index is 218. The van der Waals surface area contributed by atoms with E-state index >= 15 is 0 Å². The van der Waals surface area contributed by atoms with Crippen molar-refractivity contribution in [2.75, 3.05) is 0 Å². The van der Waals surface area contributed by atoms with Gasteiger partial charge in [-0.15, -0.1) is 0 Å². The van der Waals surface area contributed by atoms with Crippen LogP contribution in [0.25, 0.3) is 0 Å². The summed E-state index contributed by atoms with van der Waals surface area (Å²) in [7, 11) is 0. The Kier molecular flexibility index (Phi) is 2.13. The second-order valence-electron chi connectivity index (χ2n) is 2.84. The normalized spacial score (nSPS) is 29.3. The second kappa shape index (κ2) is 2.91. The van der Waals surface area contributed by atoms with Gasteiger partial charge in [-0.3, -0.25) is 5.41 Å². The van der Waals surface area contributed by atoms with E-state index < -0.39 is 0 Å². The molecular weight excluding hydrogens is 138 g/mol. The average molecular weight is 151 g/mol. The molecule has 1 aliphatic rings. The fraction of sp³-hybridized carbons (Fsp3) is 0.444. The molecule has 1 aliphatic carbocycles. The van der Waals surface area contributed by atoms with E-state index in [4.69, 9.17) is 10.1 Å². The van der Waals surface area contributed by atoms with Crippen LogP contribution in [0, 0.1) is 17.2 Å². The van der Waals surface area contributed by atoms with E-state index in [-0.39, 0.29) is 0 Å². The summed E-state index contributed by atoms with van der Waals surface area (Å²) in [6.45, 7) is 7.92. The molecule has 0 spiro atoms. The van der Waals surface area contributed by atoms with Crippen LogP contribution in [0.15, 0.2) is 24.0 Å². The van der Waals surface area contributed by atoms with Crippen LogP contribution in [0.3, 0.4) is 0 Å². The third-order valence-corrected chi connectivity index (χ3v) is 2.34. The predicted octanol–water partition coefficient (Wildman–Crippen LogP) is 2.34. The summed E-state index contributed by atoms with van der Waals surface area (Å²) in [5.74, 6) is 1.87. The van der Waals surface area contributed by atoms with Crippen LogP contribution >= 0.6 is 0 Å². The van der Waals surface area contributed by atoms with Gasteiger partial charge in [0.05, 0.1) is 0 Å². The second-order valence-corrected chi connectivity index (χ2v) is 2.84. The molecule has 2 atom stereocenters. The van der Waals surface area contributed by atoms with E-state index in [0.717, 1.165) is 17.7 Å². The van der Waals surface area contributed by atoms with E-state index in [2.05, 4.69) is 20.4 Å². The zero-order valence-corrected chi connectivity index (χ0v) is 6.92. The van der Waals surface area contributed by atoms with Crippen molar-refractivity contribution in [1.82, 2.24) is 0 Å². The van der Waals surface area contributed by atoms with Crippen molar-refractivity contribution in [2.45, 2.75) is 13.8 Å². The summed E-state index contributed by atoms with van der Waals surface area (Å²) < 4.78 is 5.01. The summed E-state index contributed by atoms with van der Waals surface area (Å²) in [5, 5.41) is 6.78. The van der Waals surface area contributed by atoms with Crippen molar-refractivity contribution in [1.29, 1.82) is 5.41 Å². The molecule has 0 heterocycles. The molecule has 0 saturated carbocycles. The summed E-state index contributed by atoms with van der Waals surface area (Å²) >= 11 is 0. The van der Waals surface area contributed by atoms with Gasteiger partial charge in [-0.2, -0.15) is 0 Å².